The zero-order valence-electron chi connectivity index (χ0n) is 6.86. The number of nitrogens with two attached hydrogens (primary N) is 2. The molecular weight excluding hydrogens is 178 g/mol. The van der Waals surface area contributed by atoms with Gasteiger partial charge in [0.15, 0.2) is 5.96 Å². The van der Waals surface area contributed by atoms with Crippen molar-refractivity contribution in [2.45, 2.75) is 12.2 Å². The van der Waals surface area contributed by atoms with Crippen molar-refractivity contribution in [1.29, 1.82) is 0 Å². The molecule has 0 amide bonds. The molecule has 5 nitrogen and oxygen atoms in total. The lowest BCUT2D eigenvalue weighted by Gasteiger charge is -2.03. The van der Waals surface area contributed by atoms with Crippen LogP contribution in [0.4, 0.5) is 0 Å². The van der Waals surface area contributed by atoms with Crippen LogP contribution in [0.3, 0.4) is 0 Å². The molecule has 0 radical (unpaired) electrons. The summed E-state index contributed by atoms with van der Waals surface area (Å²) >= 11 is 1.31. The number of carboxylic acids is 1. The Hall–Kier alpha value is -0.910. The van der Waals surface area contributed by atoms with Crippen LogP contribution in [0, 0.1) is 0 Å². The quantitative estimate of drug-likeness (QED) is 0.308. The van der Waals surface area contributed by atoms with Gasteiger partial charge in [0.25, 0.3) is 0 Å². The maximum Gasteiger partial charge on any atom is 0.316 e. The third kappa shape index (κ3) is 5.84. The van der Waals surface area contributed by atoms with Gasteiger partial charge in [0.2, 0.25) is 0 Å². The number of thioether (sulfide) groups is 1. The second-order valence-electron chi connectivity index (χ2n) is 2.16. The molecule has 5 N–H and O–H groups in total. The lowest BCUT2D eigenvalue weighted by molar-refractivity contribution is -0.136. The van der Waals surface area contributed by atoms with Crippen LogP contribution in [0.1, 0.15) is 6.92 Å². The molecular formula is C6H13N3O2S. The molecule has 0 aromatic heterocycles. The number of nitrogens with zero attached hydrogens (tertiary/aromatic N) is 1. The van der Waals surface area contributed by atoms with Crippen molar-refractivity contribution in [2.24, 2.45) is 16.5 Å². The number of guanidine groups is 1. The highest BCUT2D eigenvalue weighted by Crippen LogP contribution is 2.09. The van der Waals surface area contributed by atoms with Gasteiger partial charge in [-0.05, 0) is 6.92 Å². The van der Waals surface area contributed by atoms with E-state index in [1.807, 2.05) is 0 Å². The molecule has 0 fully saturated rings. The fourth-order valence-corrected chi connectivity index (χ4v) is 1.17. The van der Waals surface area contributed by atoms with Gasteiger partial charge < -0.3 is 16.6 Å². The molecule has 0 saturated heterocycles. The number of aliphatic carboxylic acids is 1. The molecule has 0 heterocycles. The maximum absolute atomic E-state index is 10.3. The van der Waals surface area contributed by atoms with Crippen LogP contribution in [0.25, 0.3) is 0 Å². The molecule has 0 aliphatic heterocycles. The lowest BCUT2D eigenvalue weighted by Crippen LogP contribution is -2.23. The second kappa shape index (κ2) is 5.70. The lowest BCUT2D eigenvalue weighted by atomic mass is 10.5. The van der Waals surface area contributed by atoms with Crippen molar-refractivity contribution < 1.29 is 9.90 Å². The molecule has 1 unspecified atom stereocenters. The Labute approximate surface area is 75.2 Å². The molecule has 0 aromatic carbocycles. The van der Waals surface area contributed by atoms with Crippen LogP contribution in [-0.2, 0) is 4.79 Å². The Morgan fingerprint density at radius 1 is 1.67 bits per heavy atom. The molecule has 0 aliphatic rings. The first-order valence-corrected chi connectivity index (χ1v) is 4.48. The summed E-state index contributed by atoms with van der Waals surface area (Å²) in [6, 6.07) is 0. The number of carbonyl (C=O) groups is 1. The van der Waals surface area contributed by atoms with Gasteiger partial charge in [-0.1, -0.05) is 0 Å². The van der Waals surface area contributed by atoms with Crippen molar-refractivity contribution in [1.82, 2.24) is 0 Å². The number of hydrogen-bond donors (Lipinski definition) is 3. The first-order valence-electron chi connectivity index (χ1n) is 3.44. The molecule has 12 heavy (non-hydrogen) atoms. The summed E-state index contributed by atoms with van der Waals surface area (Å²) in [6.45, 7) is 2.09. The first kappa shape index (κ1) is 11.1. The Morgan fingerprint density at radius 2 is 2.25 bits per heavy atom. The van der Waals surface area contributed by atoms with E-state index in [0.29, 0.717) is 12.3 Å². The Morgan fingerprint density at radius 3 is 2.67 bits per heavy atom. The standard InChI is InChI=1S/C6H13N3O2S/c1-4(5(10)11)12-3-2-9-6(7)8/h4H,2-3H2,1H3,(H,10,11)(H4,7,8,9). The highest BCUT2D eigenvalue weighted by Gasteiger charge is 2.09. The minimum absolute atomic E-state index is 0.0404. The van der Waals surface area contributed by atoms with Gasteiger partial charge in [0.1, 0.15) is 0 Å². The summed E-state index contributed by atoms with van der Waals surface area (Å²) in [5.41, 5.74) is 10.1. The van der Waals surface area contributed by atoms with E-state index in [1.54, 1.807) is 6.92 Å². The molecule has 70 valence electrons. The molecule has 6 heteroatoms. The summed E-state index contributed by atoms with van der Waals surface area (Å²) in [7, 11) is 0. The summed E-state index contributed by atoms with van der Waals surface area (Å²) < 4.78 is 0. The molecule has 0 aromatic rings. The van der Waals surface area contributed by atoms with Crippen molar-refractivity contribution >= 4 is 23.7 Å². The smallest absolute Gasteiger partial charge is 0.316 e. The van der Waals surface area contributed by atoms with E-state index >= 15 is 0 Å². The highest BCUT2D eigenvalue weighted by atomic mass is 32.2. The third-order valence-corrected chi connectivity index (χ3v) is 2.22. The summed E-state index contributed by atoms with van der Waals surface area (Å²) in [5.74, 6) is -0.158. The van der Waals surface area contributed by atoms with E-state index in [4.69, 9.17) is 16.6 Å². The average molecular weight is 191 g/mol. The Balaban J connectivity index is 3.44. The number of hydrogen-bond acceptors (Lipinski definition) is 3. The van der Waals surface area contributed by atoms with Crippen LogP contribution < -0.4 is 11.5 Å². The number of carboxylic acid groups (broad SMARTS) is 1. The predicted octanol–water partition coefficient (Wildman–Crippen LogP) is -0.534. The van der Waals surface area contributed by atoms with Crippen LogP contribution in [0.2, 0.25) is 0 Å². The maximum atomic E-state index is 10.3. The molecule has 0 rings (SSSR count). The molecule has 0 aliphatic carbocycles. The second-order valence-corrected chi connectivity index (χ2v) is 3.61. The average Bonchev–Trinajstić information content (AvgIpc) is 1.97. The zero-order valence-corrected chi connectivity index (χ0v) is 7.67. The summed E-state index contributed by atoms with van der Waals surface area (Å²) in [5, 5.41) is 8.08. The van der Waals surface area contributed by atoms with E-state index in [2.05, 4.69) is 4.99 Å². The monoisotopic (exact) mass is 191 g/mol. The Kier molecular flexibility index (Phi) is 5.27. The van der Waals surface area contributed by atoms with Crippen molar-refractivity contribution in [3.8, 4) is 0 Å². The first-order chi connectivity index (χ1) is 5.54. The molecule has 0 spiro atoms. The SMILES string of the molecule is CC(SCCN=C(N)N)C(=O)O. The number of rotatable bonds is 5. The predicted molar refractivity (Wildman–Crippen MR) is 50.2 cm³/mol. The van der Waals surface area contributed by atoms with Crippen molar-refractivity contribution in [3.05, 3.63) is 0 Å². The highest BCUT2D eigenvalue weighted by molar-refractivity contribution is 8.00. The minimum Gasteiger partial charge on any atom is -0.480 e. The molecule has 0 bridgehead atoms. The van der Waals surface area contributed by atoms with Crippen LogP contribution >= 0.6 is 11.8 Å². The Bertz CT molecular complexity index is 180. The fourth-order valence-electron chi connectivity index (χ4n) is 0.476. The molecule has 0 saturated carbocycles. The van der Waals surface area contributed by atoms with Gasteiger partial charge in [-0.3, -0.25) is 9.79 Å². The van der Waals surface area contributed by atoms with E-state index in [1.165, 1.54) is 11.8 Å². The molecule has 1 atom stereocenters. The van der Waals surface area contributed by atoms with Crippen LogP contribution in [0.5, 0.6) is 0 Å². The van der Waals surface area contributed by atoms with Gasteiger partial charge in [0.05, 0.1) is 11.8 Å². The van der Waals surface area contributed by atoms with Crippen molar-refractivity contribution in [2.75, 3.05) is 12.3 Å². The van der Waals surface area contributed by atoms with E-state index in [-0.39, 0.29) is 5.96 Å². The van der Waals surface area contributed by atoms with E-state index in [0.717, 1.165) is 0 Å². The van der Waals surface area contributed by atoms with Crippen LogP contribution in [-0.4, -0.2) is 34.6 Å². The topological polar surface area (TPSA) is 102 Å². The van der Waals surface area contributed by atoms with Gasteiger partial charge in [0, 0.05) is 5.75 Å². The fraction of sp³-hybridized carbons (Fsp3) is 0.667. The summed E-state index contributed by atoms with van der Waals surface area (Å²) in [6.07, 6.45) is 0. The zero-order chi connectivity index (χ0) is 9.56. The van der Waals surface area contributed by atoms with E-state index in [9.17, 15) is 4.79 Å². The van der Waals surface area contributed by atoms with E-state index < -0.39 is 11.2 Å². The normalized spacial score (nSPS) is 12.1. The largest absolute Gasteiger partial charge is 0.480 e. The summed E-state index contributed by atoms with van der Waals surface area (Å²) in [4.78, 5) is 14.0. The van der Waals surface area contributed by atoms with Gasteiger partial charge in [-0.15, -0.1) is 11.8 Å². The van der Waals surface area contributed by atoms with Gasteiger partial charge >= 0.3 is 5.97 Å². The third-order valence-electron chi connectivity index (χ3n) is 1.10. The van der Waals surface area contributed by atoms with Crippen LogP contribution in [0.15, 0.2) is 4.99 Å². The number of aliphatic imine (C=N–C) groups is 1. The van der Waals surface area contributed by atoms with Gasteiger partial charge in [-0.25, -0.2) is 0 Å². The van der Waals surface area contributed by atoms with Crippen molar-refractivity contribution in [3.63, 3.8) is 0 Å². The van der Waals surface area contributed by atoms with Gasteiger partial charge in [-0.2, -0.15) is 0 Å². The minimum atomic E-state index is -0.815.